The van der Waals surface area contributed by atoms with E-state index in [1.165, 1.54) is 12.1 Å². The highest BCUT2D eigenvalue weighted by atomic mass is 19.4. The van der Waals surface area contributed by atoms with Crippen molar-refractivity contribution < 1.29 is 13.2 Å². The third kappa shape index (κ3) is 2.90. The Bertz CT molecular complexity index is 747. The van der Waals surface area contributed by atoms with E-state index in [-0.39, 0.29) is 17.8 Å². The van der Waals surface area contributed by atoms with Crippen molar-refractivity contribution in [1.82, 2.24) is 9.55 Å². The molecule has 20 heavy (non-hydrogen) atoms. The monoisotopic (exact) mass is 285 g/mol. The first-order valence-corrected chi connectivity index (χ1v) is 5.53. The molecular formula is C12H10F3N3O2. The topological polar surface area (TPSA) is 80.9 Å². The predicted octanol–water partition coefficient (Wildman–Crippen LogP) is 1.19. The van der Waals surface area contributed by atoms with Crippen molar-refractivity contribution in [2.45, 2.75) is 12.7 Å². The first kappa shape index (κ1) is 13.9. The lowest BCUT2D eigenvalue weighted by molar-refractivity contribution is -0.138. The summed E-state index contributed by atoms with van der Waals surface area (Å²) in [5.41, 5.74) is 2.93. The zero-order valence-electron chi connectivity index (χ0n) is 10.1. The van der Waals surface area contributed by atoms with Gasteiger partial charge in [-0.05, 0) is 17.7 Å². The second kappa shape index (κ2) is 4.87. The molecule has 0 aliphatic carbocycles. The van der Waals surface area contributed by atoms with Crippen LogP contribution in [0.25, 0.3) is 0 Å². The molecule has 1 aromatic carbocycles. The number of anilines is 1. The van der Waals surface area contributed by atoms with Crippen LogP contribution < -0.4 is 17.0 Å². The zero-order valence-corrected chi connectivity index (χ0v) is 10.1. The number of aromatic amines is 1. The van der Waals surface area contributed by atoms with Crippen LogP contribution in [0, 0.1) is 0 Å². The minimum Gasteiger partial charge on any atom is -0.399 e. The van der Waals surface area contributed by atoms with Crippen molar-refractivity contribution in [3.63, 3.8) is 0 Å². The maximum atomic E-state index is 12.9. The Hall–Kier alpha value is -2.51. The number of alkyl halides is 3. The number of nitrogen functional groups attached to an aromatic ring is 1. The fourth-order valence-electron chi connectivity index (χ4n) is 1.75. The molecule has 0 bridgehead atoms. The highest BCUT2D eigenvalue weighted by Crippen LogP contribution is 2.33. The first-order valence-electron chi connectivity index (χ1n) is 5.53. The molecule has 0 saturated carbocycles. The standard InChI is InChI=1S/C12H10F3N3O2/c13-12(14,15)9-5-8(16)2-1-7(9)6-18-4-3-10(19)17-11(18)20/h1-5H,6,16H2,(H,17,19,20). The van der Waals surface area contributed by atoms with Crippen LogP contribution in [-0.4, -0.2) is 9.55 Å². The lowest BCUT2D eigenvalue weighted by Crippen LogP contribution is -2.29. The van der Waals surface area contributed by atoms with Crippen molar-refractivity contribution in [3.05, 3.63) is 62.4 Å². The van der Waals surface area contributed by atoms with Gasteiger partial charge in [0.15, 0.2) is 0 Å². The molecule has 2 aromatic rings. The quantitative estimate of drug-likeness (QED) is 0.813. The van der Waals surface area contributed by atoms with Gasteiger partial charge in [-0.1, -0.05) is 6.07 Å². The van der Waals surface area contributed by atoms with Crippen LogP contribution in [0.2, 0.25) is 0 Å². The fourth-order valence-corrected chi connectivity index (χ4v) is 1.75. The van der Waals surface area contributed by atoms with Gasteiger partial charge in [0, 0.05) is 18.0 Å². The van der Waals surface area contributed by atoms with Crippen molar-refractivity contribution >= 4 is 5.69 Å². The van der Waals surface area contributed by atoms with Crippen molar-refractivity contribution in [2.75, 3.05) is 5.73 Å². The average molecular weight is 285 g/mol. The molecule has 0 unspecified atom stereocenters. The SMILES string of the molecule is Nc1ccc(Cn2ccc(=O)[nH]c2=O)c(C(F)(F)F)c1. The van der Waals surface area contributed by atoms with E-state index in [0.29, 0.717) is 0 Å². The number of H-pyrrole nitrogens is 1. The van der Waals surface area contributed by atoms with Gasteiger partial charge in [0.1, 0.15) is 0 Å². The molecule has 1 heterocycles. The molecule has 0 aliphatic rings. The lowest BCUT2D eigenvalue weighted by atomic mass is 10.1. The zero-order chi connectivity index (χ0) is 14.9. The third-order valence-electron chi connectivity index (χ3n) is 2.68. The van der Waals surface area contributed by atoms with Gasteiger partial charge in [0.2, 0.25) is 0 Å². The summed E-state index contributed by atoms with van der Waals surface area (Å²) in [6.45, 7) is -0.315. The number of rotatable bonds is 2. The minimum absolute atomic E-state index is 0.0186. The van der Waals surface area contributed by atoms with Crippen LogP contribution in [0.1, 0.15) is 11.1 Å². The van der Waals surface area contributed by atoms with Crippen LogP contribution in [0.3, 0.4) is 0 Å². The Kier molecular flexibility index (Phi) is 3.39. The van der Waals surface area contributed by atoms with E-state index in [2.05, 4.69) is 0 Å². The molecule has 0 fully saturated rings. The van der Waals surface area contributed by atoms with E-state index in [4.69, 9.17) is 5.73 Å². The number of benzene rings is 1. The van der Waals surface area contributed by atoms with E-state index in [0.717, 1.165) is 22.9 Å². The average Bonchev–Trinajstić information content (AvgIpc) is 2.33. The predicted molar refractivity (Wildman–Crippen MR) is 66.3 cm³/mol. The molecule has 3 N–H and O–H groups in total. The Morgan fingerprint density at radius 1 is 1.20 bits per heavy atom. The van der Waals surface area contributed by atoms with E-state index >= 15 is 0 Å². The molecule has 0 aliphatic heterocycles. The summed E-state index contributed by atoms with van der Waals surface area (Å²) in [7, 11) is 0. The smallest absolute Gasteiger partial charge is 0.399 e. The summed E-state index contributed by atoms with van der Waals surface area (Å²) in [4.78, 5) is 24.3. The molecule has 8 heteroatoms. The third-order valence-corrected chi connectivity index (χ3v) is 2.68. The van der Waals surface area contributed by atoms with E-state index < -0.39 is 23.0 Å². The van der Waals surface area contributed by atoms with Crippen LogP contribution >= 0.6 is 0 Å². The molecule has 1 aromatic heterocycles. The number of hydrogen-bond donors (Lipinski definition) is 2. The fraction of sp³-hybridized carbons (Fsp3) is 0.167. The van der Waals surface area contributed by atoms with Crippen LogP contribution in [-0.2, 0) is 12.7 Å². The van der Waals surface area contributed by atoms with Gasteiger partial charge in [-0.3, -0.25) is 14.3 Å². The summed E-state index contributed by atoms with van der Waals surface area (Å²) in [5, 5.41) is 0. The highest BCUT2D eigenvalue weighted by molar-refractivity contribution is 5.46. The van der Waals surface area contributed by atoms with Gasteiger partial charge in [0.25, 0.3) is 5.56 Å². The van der Waals surface area contributed by atoms with Gasteiger partial charge in [-0.2, -0.15) is 13.2 Å². The van der Waals surface area contributed by atoms with Crippen molar-refractivity contribution in [2.24, 2.45) is 0 Å². The molecule has 0 atom stereocenters. The van der Waals surface area contributed by atoms with E-state index in [1.54, 1.807) is 0 Å². The maximum Gasteiger partial charge on any atom is 0.416 e. The molecule has 0 amide bonds. The Morgan fingerprint density at radius 2 is 1.90 bits per heavy atom. The molecule has 0 spiro atoms. The molecule has 0 radical (unpaired) electrons. The molecule has 5 nitrogen and oxygen atoms in total. The van der Waals surface area contributed by atoms with Gasteiger partial charge < -0.3 is 5.73 Å². The number of hydrogen-bond acceptors (Lipinski definition) is 3. The molecule has 0 saturated heterocycles. The number of halogens is 3. The number of nitrogens with zero attached hydrogens (tertiary/aromatic N) is 1. The lowest BCUT2D eigenvalue weighted by Gasteiger charge is -2.14. The highest BCUT2D eigenvalue weighted by Gasteiger charge is 2.33. The summed E-state index contributed by atoms with van der Waals surface area (Å²) < 4.78 is 39.7. The molecule has 106 valence electrons. The minimum atomic E-state index is -4.57. The summed E-state index contributed by atoms with van der Waals surface area (Å²) >= 11 is 0. The van der Waals surface area contributed by atoms with Gasteiger partial charge in [-0.15, -0.1) is 0 Å². The Morgan fingerprint density at radius 3 is 2.50 bits per heavy atom. The summed E-state index contributed by atoms with van der Waals surface area (Å²) in [6, 6.07) is 4.40. The van der Waals surface area contributed by atoms with E-state index in [1.807, 2.05) is 4.98 Å². The van der Waals surface area contributed by atoms with Gasteiger partial charge in [-0.25, -0.2) is 4.79 Å². The molecular weight excluding hydrogens is 275 g/mol. The Balaban J connectivity index is 2.49. The Labute approximate surface area is 110 Å². The molecule has 2 rings (SSSR count). The van der Waals surface area contributed by atoms with E-state index in [9.17, 15) is 22.8 Å². The van der Waals surface area contributed by atoms with Crippen LogP contribution in [0.4, 0.5) is 18.9 Å². The second-order valence-electron chi connectivity index (χ2n) is 4.15. The van der Waals surface area contributed by atoms with Crippen molar-refractivity contribution in [1.29, 1.82) is 0 Å². The van der Waals surface area contributed by atoms with Gasteiger partial charge in [0.05, 0.1) is 12.1 Å². The number of nitrogens with two attached hydrogens (primary N) is 1. The van der Waals surface area contributed by atoms with Gasteiger partial charge >= 0.3 is 11.9 Å². The summed E-state index contributed by atoms with van der Waals surface area (Å²) in [6.07, 6.45) is -3.44. The summed E-state index contributed by atoms with van der Waals surface area (Å²) in [5.74, 6) is 0. The maximum absolute atomic E-state index is 12.9. The van der Waals surface area contributed by atoms with Crippen LogP contribution in [0.15, 0.2) is 40.1 Å². The largest absolute Gasteiger partial charge is 0.416 e. The number of nitrogens with one attached hydrogen (secondary N) is 1. The second-order valence-corrected chi connectivity index (χ2v) is 4.15. The van der Waals surface area contributed by atoms with Crippen molar-refractivity contribution in [3.8, 4) is 0 Å². The van der Waals surface area contributed by atoms with Crippen LogP contribution in [0.5, 0.6) is 0 Å². The number of aromatic nitrogens is 2. The first-order chi connectivity index (χ1) is 9.27. The normalized spacial score (nSPS) is 11.6.